The van der Waals surface area contributed by atoms with Crippen LogP contribution in [-0.2, 0) is 0 Å². The van der Waals surface area contributed by atoms with Crippen molar-refractivity contribution >= 4 is 34.4 Å². The van der Waals surface area contributed by atoms with Gasteiger partial charge in [0.25, 0.3) is 6.01 Å². The van der Waals surface area contributed by atoms with Crippen molar-refractivity contribution in [3.8, 4) is 0 Å². The van der Waals surface area contributed by atoms with Crippen LogP contribution in [0.2, 0.25) is 5.02 Å². The molecule has 1 aromatic heterocycles. The van der Waals surface area contributed by atoms with Crippen LogP contribution in [0.25, 0.3) is 11.1 Å². The molecule has 18 heavy (non-hydrogen) atoms. The molecular weight excluding hydrogens is 255 g/mol. The number of aromatic nitrogens is 1. The number of rotatable bonds is 2. The molecule has 0 aliphatic heterocycles. The lowest BCUT2D eigenvalue weighted by atomic mass is 10.3. The van der Waals surface area contributed by atoms with Crippen molar-refractivity contribution in [2.75, 3.05) is 5.32 Å². The summed E-state index contributed by atoms with van der Waals surface area (Å²) in [6.45, 7) is 0. The molecule has 0 aliphatic carbocycles. The fraction of sp³-hybridized carbons (Fsp3) is 0. The topological polar surface area (TPSA) is 38.1 Å². The Bertz CT molecular complexity index is 694. The third-order valence-electron chi connectivity index (χ3n) is 2.45. The van der Waals surface area contributed by atoms with Crippen molar-refractivity contribution in [3.63, 3.8) is 0 Å². The molecule has 0 amide bonds. The van der Waals surface area contributed by atoms with E-state index in [0.717, 1.165) is 0 Å². The lowest BCUT2D eigenvalue weighted by Crippen LogP contribution is -1.89. The standard InChI is InChI=1S/C13H8ClFN2O/c14-8-1-6-11-12(7-8)18-13(17-11)16-10-4-2-9(15)3-5-10/h1-7H,(H,16,17). The SMILES string of the molecule is Fc1ccc(Nc2nc3ccc(Cl)cc3o2)cc1. The van der Waals surface area contributed by atoms with Gasteiger partial charge in [-0.15, -0.1) is 0 Å². The predicted molar refractivity (Wildman–Crippen MR) is 68.7 cm³/mol. The zero-order chi connectivity index (χ0) is 12.5. The summed E-state index contributed by atoms with van der Waals surface area (Å²) in [5.74, 6) is -0.287. The van der Waals surface area contributed by atoms with Crippen molar-refractivity contribution in [3.05, 3.63) is 53.3 Å². The largest absolute Gasteiger partial charge is 0.423 e. The van der Waals surface area contributed by atoms with Crippen molar-refractivity contribution in [1.29, 1.82) is 0 Å². The van der Waals surface area contributed by atoms with Gasteiger partial charge in [-0.05, 0) is 36.4 Å². The third-order valence-corrected chi connectivity index (χ3v) is 2.68. The maximum atomic E-state index is 12.8. The zero-order valence-corrected chi connectivity index (χ0v) is 9.91. The molecule has 0 atom stereocenters. The highest BCUT2D eigenvalue weighted by atomic mass is 35.5. The number of oxazole rings is 1. The molecule has 0 aliphatic rings. The monoisotopic (exact) mass is 262 g/mol. The van der Waals surface area contributed by atoms with Gasteiger partial charge >= 0.3 is 0 Å². The maximum absolute atomic E-state index is 12.8. The number of halogens is 2. The Hall–Kier alpha value is -2.07. The summed E-state index contributed by atoms with van der Waals surface area (Å²) in [4.78, 5) is 4.24. The summed E-state index contributed by atoms with van der Waals surface area (Å²) in [7, 11) is 0. The number of nitrogens with one attached hydrogen (secondary N) is 1. The van der Waals surface area contributed by atoms with Gasteiger partial charge in [0.1, 0.15) is 11.3 Å². The Morgan fingerprint density at radius 2 is 1.89 bits per heavy atom. The molecule has 0 fully saturated rings. The number of benzene rings is 2. The smallest absolute Gasteiger partial charge is 0.300 e. The van der Waals surface area contributed by atoms with E-state index in [4.69, 9.17) is 16.0 Å². The van der Waals surface area contributed by atoms with Crippen LogP contribution in [-0.4, -0.2) is 4.98 Å². The number of hydrogen-bond acceptors (Lipinski definition) is 3. The average Bonchev–Trinajstić information content (AvgIpc) is 2.73. The molecule has 0 unspecified atom stereocenters. The second kappa shape index (κ2) is 4.31. The fourth-order valence-electron chi connectivity index (χ4n) is 1.61. The van der Waals surface area contributed by atoms with Gasteiger partial charge in [0, 0.05) is 16.8 Å². The van der Waals surface area contributed by atoms with Crippen molar-refractivity contribution in [2.24, 2.45) is 0 Å². The van der Waals surface area contributed by atoms with Gasteiger partial charge < -0.3 is 9.73 Å². The molecular formula is C13H8ClFN2O. The van der Waals surface area contributed by atoms with Gasteiger partial charge in [-0.3, -0.25) is 0 Å². The van der Waals surface area contributed by atoms with E-state index in [9.17, 15) is 4.39 Å². The molecule has 90 valence electrons. The Kier molecular flexibility index (Phi) is 2.64. The highest BCUT2D eigenvalue weighted by Crippen LogP contribution is 2.24. The first kappa shape index (κ1) is 11.0. The number of nitrogens with zero attached hydrogens (tertiary/aromatic N) is 1. The van der Waals surface area contributed by atoms with Crippen LogP contribution >= 0.6 is 11.6 Å². The average molecular weight is 263 g/mol. The molecule has 5 heteroatoms. The van der Waals surface area contributed by atoms with E-state index in [0.29, 0.717) is 27.8 Å². The van der Waals surface area contributed by atoms with Crippen LogP contribution in [0.4, 0.5) is 16.1 Å². The summed E-state index contributed by atoms with van der Waals surface area (Å²) >= 11 is 5.86. The van der Waals surface area contributed by atoms with Gasteiger partial charge in [-0.2, -0.15) is 4.98 Å². The Morgan fingerprint density at radius 1 is 1.11 bits per heavy atom. The van der Waals surface area contributed by atoms with Crippen LogP contribution < -0.4 is 5.32 Å². The van der Waals surface area contributed by atoms with Crippen LogP contribution in [0.15, 0.2) is 46.9 Å². The van der Waals surface area contributed by atoms with Gasteiger partial charge in [0.15, 0.2) is 5.58 Å². The van der Waals surface area contributed by atoms with Crippen molar-refractivity contribution < 1.29 is 8.81 Å². The summed E-state index contributed by atoms with van der Waals surface area (Å²) in [6.07, 6.45) is 0. The van der Waals surface area contributed by atoms with E-state index in [1.165, 1.54) is 12.1 Å². The summed E-state index contributed by atoms with van der Waals surface area (Å²) < 4.78 is 18.2. The molecule has 1 N–H and O–H groups in total. The van der Waals surface area contributed by atoms with Gasteiger partial charge in [0.2, 0.25) is 0 Å². The molecule has 0 saturated carbocycles. The van der Waals surface area contributed by atoms with Gasteiger partial charge in [-0.25, -0.2) is 4.39 Å². The van der Waals surface area contributed by atoms with E-state index < -0.39 is 0 Å². The molecule has 0 saturated heterocycles. The van der Waals surface area contributed by atoms with Crippen LogP contribution in [0.5, 0.6) is 0 Å². The van der Waals surface area contributed by atoms with Crippen LogP contribution in [0.3, 0.4) is 0 Å². The molecule has 3 nitrogen and oxygen atoms in total. The summed E-state index contributed by atoms with van der Waals surface area (Å²) in [6, 6.07) is 11.5. The van der Waals surface area contributed by atoms with Crippen LogP contribution in [0, 0.1) is 5.82 Å². The van der Waals surface area contributed by atoms with E-state index in [1.54, 1.807) is 30.3 Å². The fourth-order valence-corrected chi connectivity index (χ4v) is 1.77. The van der Waals surface area contributed by atoms with Crippen molar-refractivity contribution in [2.45, 2.75) is 0 Å². The molecule has 0 bridgehead atoms. The number of anilines is 2. The second-order valence-electron chi connectivity index (χ2n) is 3.76. The lowest BCUT2D eigenvalue weighted by Gasteiger charge is -1.99. The maximum Gasteiger partial charge on any atom is 0.300 e. The van der Waals surface area contributed by atoms with E-state index >= 15 is 0 Å². The van der Waals surface area contributed by atoms with Gasteiger partial charge in [-0.1, -0.05) is 11.6 Å². The van der Waals surface area contributed by atoms with E-state index in [2.05, 4.69) is 10.3 Å². The Labute approximate surface area is 107 Å². The normalized spacial score (nSPS) is 10.8. The molecule has 1 heterocycles. The predicted octanol–water partition coefficient (Wildman–Crippen LogP) is 4.36. The summed E-state index contributed by atoms with van der Waals surface area (Å²) in [5.41, 5.74) is 2.02. The minimum absolute atomic E-state index is 0.287. The molecule has 3 rings (SSSR count). The second-order valence-corrected chi connectivity index (χ2v) is 4.20. The Balaban J connectivity index is 1.92. The minimum Gasteiger partial charge on any atom is -0.423 e. The highest BCUT2D eigenvalue weighted by molar-refractivity contribution is 6.31. The first-order valence-corrected chi connectivity index (χ1v) is 5.67. The minimum atomic E-state index is -0.287. The van der Waals surface area contributed by atoms with Gasteiger partial charge in [0.05, 0.1) is 0 Å². The van der Waals surface area contributed by atoms with E-state index in [1.807, 2.05) is 0 Å². The molecule has 2 aromatic carbocycles. The summed E-state index contributed by atoms with van der Waals surface area (Å²) in [5, 5.41) is 3.54. The number of fused-ring (bicyclic) bond motifs is 1. The highest BCUT2D eigenvalue weighted by Gasteiger charge is 2.06. The third kappa shape index (κ3) is 2.15. The molecule has 0 radical (unpaired) electrons. The lowest BCUT2D eigenvalue weighted by molar-refractivity contribution is 0.621. The first-order valence-electron chi connectivity index (χ1n) is 5.29. The molecule has 3 aromatic rings. The molecule has 0 spiro atoms. The van der Waals surface area contributed by atoms with Crippen molar-refractivity contribution in [1.82, 2.24) is 4.98 Å². The first-order chi connectivity index (χ1) is 8.70. The quantitative estimate of drug-likeness (QED) is 0.745. The van der Waals surface area contributed by atoms with E-state index in [-0.39, 0.29) is 5.82 Å². The number of hydrogen-bond donors (Lipinski definition) is 1. The zero-order valence-electron chi connectivity index (χ0n) is 9.15. The Morgan fingerprint density at radius 3 is 2.67 bits per heavy atom. The van der Waals surface area contributed by atoms with Crippen LogP contribution in [0.1, 0.15) is 0 Å².